The lowest BCUT2D eigenvalue weighted by Gasteiger charge is -2.24. The van der Waals surface area contributed by atoms with Crippen molar-refractivity contribution in [3.63, 3.8) is 0 Å². The third-order valence-corrected chi connectivity index (χ3v) is 7.33. The van der Waals surface area contributed by atoms with Crippen molar-refractivity contribution >= 4 is 41.0 Å². The molecule has 0 fully saturated rings. The molecule has 1 aliphatic rings. The first-order valence-corrected chi connectivity index (χ1v) is 12.9. The maximum atomic E-state index is 13.7. The van der Waals surface area contributed by atoms with E-state index in [1.54, 1.807) is 38.1 Å². The fourth-order valence-electron chi connectivity index (χ4n) is 4.30. The van der Waals surface area contributed by atoms with Crippen molar-refractivity contribution in [2.75, 3.05) is 6.61 Å². The van der Waals surface area contributed by atoms with Gasteiger partial charge in [0.2, 0.25) is 0 Å². The summed E-state index contributed by atoms with van der Waals surface area (Å²) in [6, 6.07) is 16.5. The van der Waals surface area contributed by atoms with E-state index in [-0.39, 0.29) is 22.8 Å². The standard InChI is InChI=1S/C28H21ClN2O6S/c1-3-36-27(35)23-15(2)30-28-31(24(23)16-7-5-4-6-8-16)25(32)22(38-28)14-18-10-12-21(37-18)17-9-11-20(29)19(13-17)26(33)34/h4-14,24H,3H2,1-2H3,(H,33,34)/b22-14+/t24-/m1/s1. The second-order valence-electron chi connectivity index (χ2n) is 8.41. The number of thiazole rings is 1. The molecule has 5 rings (SSSR count). The van der Waals surface area contributed by atoms with Crippen molar-refractivity contribution < 1.29 is 23.8 Å². The fourth-order valence-corrected chi connectivity index (χ4v) is 5.52. The van der Waals surface area contributed by atoms with E-state index in [1.807, 2.05) is 30.3 Å². The quantitative estimate of drug-likeness (QED) is 0.357. The first-order valence-electron chi connectivity index (χ1n) is 11.7. The zero-order chi connectivity index (χ0) is 27.0. The number of esters is 1. The molecular formula is C28H21ClN2O6S. The van der Waals surface area contributed by atoms with Gasteiger partial charge in [0.25, 0.3) is 5.56 Å². The van der Waals surface area contributed by atoms with Crippen molar-refractivity contribution in [1.82, 2.24) is 4.57 Å². The lowest BCUT2D eigenvalue weighted by Crippen LogP contribution is -2.39. The Bertz CT molecular complexity index is 1780. The molecule has 0 saturated heterocycles. The number of allylic oxidation sites excluding steroid dienone is 1. The number of aromatic carboxylic acids is 1. The topological polar surface area (TPSA) is 111 Å². The average Bonchev–Trinajstić information content (AvgIpc) is 3.48. The van der Waals surface area contributed by atoms with Crippen LogP contribution in [0.3, 0.4) is 0 Å². The fraction of sp³-hybridized carbons (Fsp3) is 0.143. The largest absolute Gasteiger partial charge is 0.478 e. The predicted molar refractivity (Wildman–Crippen MR) is 143 cm³/mol. The number of ether oxygens (including phenoxy) is 1. The van der Waals surface area contributed by atoms with E-state index in [2.05, 4.69) is 4.99 Å². The Morgan fingerprint density at radius 1 is 1.18 bits per heavy atom. The molecule has 0 aliphatic carbocycles. The molecular weight excluding hydrogens is 528 g/mol. The molecule has 0 spiro atoms. The average molecular weight is 549 g/mol. The number of hydrogen-bond acceptors (Lipinski definition) is 7. The van der Waals surface area contributed by atoms with E-state index in [0.717, 1.165) is 5.56 Å². The summed E-state index contributed by atoms with van der Waals surface area (Å²) < 4.78 is 13.1. The van der Waals surface area contributed by atoms with Crippen LogP contribution in [-0.2, 0) is 9.53 Å². The third-order valence-electron chi connectivity index (χ3n) is 6.01. The molecule has 0 bridgehead atoms. The van der Waals surface area contributed by atoms with Crippen LogP contribution in [0.5, 0.6) is 0 Å². The molecule has 1 N–H and O–H groups in total. The number of benzene rings is 2. The van der Waals surface area contributed by atoms with E-state index in [9.17, 15) is 19.5 Å². The van der Waals surface area contributed by atoms with E-state index in [4.69, 9.17) is 20.8 Å². The molecule has 0 amide bonds. The number of hydrogen-bond donors (Lipinski definition) is 1. The van der Waals surface area contributed by atoms with Gasteiger partial charge in [0.1, 0.15) is 11.5 Å². The Kier molecular flexibility index (Phi) is 6.88. The first-order chi connectivity index (χ1) is 18.3. The molecule has 3 heterocycles. The highest BCUT2D eigenvalue weighted by Crippen LogP contribution is 2.31. The van der Waals surface area contributed by atoms with Gasteiger partial charge in [0.05, 0.1) is 39.0 Å². The summed E-state index contributed by atoms with van der Waals surface area (Å²) in [4.78, 5) is 43.0. The summed E-state index contributed by atoms with van der Waals surface area (Å²) in [5, 5.41) is 9.48. The second kappa shape index (κ2) is 10.3. The van der Waals surface area contributed by atoms with E-state index in [1.165, 1.54) is 28.0 Å². The number of carbonyl (C=O) groups excluding carboxylic acids is 1. The maximum Gasteiger partial charge on any atom is 0.338 e. The van der Waals surface area contributed by atoms with Gasteiger partial charge in [-0.05, 0) is 49.7 Å². The molecule has 192 valence electrons. The Morgan fingerprint density at radius 3 is 2.66 bits per heavy atom. The van der Waals surface area contributed by atoms with Crippen molar-refractivity contribution in [3.8, 4) is 11.3 Å². The number of fused-ring (bicyclic) bond motifs is 1. The molecule has 1 atom stereocenters. The number of carboxylic acids is 1. The number of furan rings is 1. The first kappa shape index (κ1) is 25.4. The second-order valence-corrected chi connectivity index (χ2v) is 9.83. The predicted octanol–water partition coefficient (Wildman–Crippen LogP) is 4.41. The monoisotopic (exact) mass is 548 g/mol. The van der Waals surface area contributed by atoms with Gasteiger partial charge >= 0.3 is 11.9 Å². The van der Waals surface area contributed by atoms with Crippen LogP contribution < -0.4 is 14.9 Å². The number of carboxylic acid groups (broad SMARTS) is 1. The minimum Gasteiger partial charge on any atom is -0.478 e. The Hall–Kier alpha value is -4.21. The Labute approximate surface area is 225 Å². The molecule has 4 aromatic rings. The van der Waals surface area contributed by atoms with Crippen molar-refractivity contribution in [1.29, 1.82) is 0 Å². The van der Waals surface area contributed by atoms with Gasteiger partial charge in [-0.15, -0.1) is 0 Å². The van der Waals surface area contributed by atoms with Gasteiger partial charge in [-0.1, -0.05) is 53.3 Å². The number of rotatable bonds is 6. The molecule has 1 aliphatic heterocycles. The summed E-state index contributed by atoms with van der Waals surface area (Å²) in [6.07, 6.45) is 1.60. The highest BCUT2D eigenvalue weighted by atomic mass is 35.5. The van der Waals surface area contributed by atoms with Crippen LogP contribution in [0.4, 0.5) is 0 Å². The van der Waals surface area contributed by atoms with Crippen LogP contribution >= 0.6 is 22.9 Å². The van der Waals surface area contributed by atoms with E-state index in [0.29, 0.717) is 37.7 Å². The van der Waals surface area contributed by atoms with Gasteiger partial charge in [-0.25, -0.2) is 14.6 Å². The number of carbonyl (C=O) groups is 2. The minimum atomic E-state index is -1.14. The Balaban J connectivity index is 1.61. The number of aromatic nitrogens is 1. The van der Waals surface area contributed by atoms with Crippen LogP contribution in [0.2, 0.25) is 5.02 Å². The highest BCUT2D eigenvalue weighted by Gasteiger charge is 2.33. The lowest BCUT2D eigenvalue weighted by atomic mass is 9.96. The van der Waals surface area contributed by atoms with E-state index < -0.39 is 18.0 Å². The highest BCUT2D eigenvalue weighted by molar-refractivity contribution is 7.07. The van der Waals surface area contributed by atoms with Crippen LogP contribution in [0.1, 0.15) is 41.6 Å². The Morgan fingerprint density at radius 2 is 1.95 bits per heavy atom. The zero-order valence-electron chi connectivity index (χ0n) is 20.3. The van der Waals surface area contributed by atoms with Gasteiger partial charge in [-0.2, -0.15) is 0 Å². The van der Waals surface area contributed by atoms with Crippen LogP contribution in [0.25, 0.3) is 17.4 Å². The van der Waals surface area contributed by atoms with Gasteiger partial charge in [-0.3, -0.25) is 9.36 Å². The summed E-state index contributed by atoms with van der Waals surface area (Å²) in [6.45, 7) is 3.66. The van der Waals surface area contributed by atoms with Crippen LogP contribution in [0.15, 0.2) is 86.1 Å². The normalized spacial score (nSPS) is 15.2. The van der Waals surface area contributed by atoms with Crippen molar-refractivity contribution in [3.05, 3.63) is 114 Å². The summed E-state index contributed by atoms with van der Waals surface area (Å²) >= 11 is 7.16. The van der Waals surface area contributed by atoms with E-state index >= 15 is 0 Å². The number of halogens is 1. The third kappa shape index (κ3) is 4.62. The molecule has 0 unspecified atom stereocenters. The molecule has 0 radical (unpaired) electrons. The van der Waals surface area contributed by atoms with Crippen LogP contribution in [-0.4, -0.2) is 28.2 Å². The molecule has 2 aromatic carbocycles. The summed E-state index contributed by atoms with van der Waals surface area (Å²) in [5.41, 5.74) is 1.73. The SMILES string of the molecule is CCOC(=O)C1=C(C)N=c2s/c(=C/c3ccc(-c4ccc(Cl)c(C(=O)O)c4)o3)c(=O)n2[C@@H]1c1ccccc1. The van der Waals surface area contributed by atoms with Crippen molar-refractivity contribution in [2.45, 2.75) is 19.9 Å². The van der Waals surface area contributed by atoms with Gasteiger partial charge in [0.15, 0.2) is 4.80 Å². The van der Waals surface area contributed by atoms with Crippen LogP contribution in [0, 0.1) is 0 Å². The zero-order valence-corrected chi connectivity index (χ0v) is 21.9. The molecule has 38 heavy (non-hydrogen) atoms. The minimum absolute atomic E-state index is 0.0379. The molecule has 0 saturated carbocycles. The number of nitrogens with zero attached hydrogens (tertiary/aromatic N) is 2. The maximum absolute atomic E-state index is 13.7. The lowest BCUT2D eigenvalue weighted by molar-refractivity contribution is -0.139. The molecule has 10 heteroatoms. The van der Waals surface area contributed by atoms with Gasteiger partial charge in [0, 0.05) is 11.6 Å². The summed E-state index contributed by atoms with van der Waals surface area (Å²) in [7, 11) is 0. The van der Waals surface area contributed by atoms with Gasteiger partial charge < -0.3 is 14.3 Å². The summed E-state index contributed by atoms with van der Waals surface area (Å²) in [5.74, 6) is -0.841. The molecule has 2 aromatic heterocycles. The molecule has 8 nitrogen and oxygen atoms in total. The smallest absolute Gasteiger partial charge is 0.338 e. The van der Waals surface area contributed by atoms with Crippen molar-refractivity contribution in [2.24, 2.45) is 4.99 Å².